The van der Waals surface area contributed by atoms with Crippen LogP contribution in [0.1, 0.15) is 23.1 Å². The van der Waals surface area contributed by atoms with Crippen molar-refractivity contribution in [1.82, 2.24) is 0 Å². The van der Waals surface area contributed by atoms with Gasteiger partial charge in [0.15, 0.2) is 5.96 Å². The molecule has 0 amide bonds. The van der Waals surface area contributed by atoms with Crippen molar-refractivity contribution in [1.29, 1.82) is 0 Å². The molecule has 2 aromatic rings. The largest absolute Gasteiger partial charge is 0.370 e. The lowest BCUT2D eigenvalue weighted by Crippen LogP contribution is -2.22. The number of thioether (sulfide) groups is 1. The lowest BCUT2D eigenvalue weighted by atomic mass is 10.1. The van der Waals surface area contributed by atoms with Crippen LogP contribution < -0.4 is 11.1 Å². The fraction of sp³-hybridized carbons (Fsp3) is 0.278. The average Bonchev–Trinajstić information content (AvgIpc) is 3.01. The van der Waals surface area contributed by atoms with Gasteiger partial charge in [-0.25, -0.2) is 4.99 Å². The Kier molecular flexibility index (Phi) is 4.68. The molecule has 0 saturated carbocycles. The second-order valence-electron chi connectivity index (χ2n) is 5.51. The molecule has 0 bridgehead atoms. The van der Waals surface area contributed by atoms with Crippen LogP contribution in [-0.2, 0) is 19.4 Å². The Morgan fingerprint density at radius 2 is 1.91 bits per heavy atom. The number of nitrogens with one attached hydrogen (secondary N) is 1. The van der Waals surface area contributed by atoms with Gasteiger partial charge in [0.2, 0.25) is 0 Å². The first-order valence-electron chi connectivity index (χ1n) is 7.56. The van der Waals surface area contributed by atoms with Crippen molar-refractivity contribution in [2.24, 2.45) is 10.7 Å². The topological polar surface area (TPSA) is 50.4 Å². The molecule has 0 fully saturated rings. The molecule has 4 heteroatoms. The molecular weight excluding hydrogens is 290 g/mol. The Morgan fingerprint density at radius 1 is 1.14 bits per heavy atom. The fourth-order valence-electron chi connectivity index (χ4n) is 2.74. The van der Waals surface area contributed by atoms with E-state index in [1.807, 2.05) is 0 Å². The molecule has 0 heterocycles. The van der Waals surface area contributed by atoms with Crippen LogP contribution in [0.4, 0.5) is 5.69 Å². The Hall–Kier alpha value is -1.94. The number of aliphatic imine (C=N–C) groups is 1. The zero-order valence-corrected chi connectivity index (χ0v) is 13.6. The molecule has 1 aliphatic carbocycles. The average molecular weight is 311 g/mol. The molecule has 0 unspecified atom stereocenters. The lowest BCUT2D eigenvalue weighted by Gasteiger charge is -2.08. The molecule has 0 aromatic heterocycles. The highest BCUT2D eigenvalue weighted by molar-refractivity contribution is 7.98. The number of hydrogen-bond acceptors (Lipinski definition) is 2. The smallest absolute Gasteiger partial charge is 0.193 e. The van der Waals surface area contributed by atoms with Crippen LogP contribution in [0.25, 0.3) is 0 Å². The minimum atomic E-state index is 0.465. The van der Waals surface area contributed by atoms with Crippen LogP contribution in [0, 0.1) is 0 Å². The molecule has 3 nitrogen and oxygen atoms in total. The summed E-state index contributed by atoms with van der Waals surface area (Å²) >= 11 is 1.74. The third kappa shape index (κ3) is 3.63. The summed E-state index contributed by atoms with van der Waals surface area (Å²) in [6.45, 7) is 0.596. The summed E-state index contributed by atoms with van der Waals surface area (Å²) in [5.41, 5.74) is 11.1. The first-order chi connectivity index (χ1) is 10.7. The van der Waals surface area contributed by atoms with Crippen LogP contribution in [0.2, 0.25) is 0 Å². The molecule has 0 atom stereocenters. The lowest BCUT2D eigenvalue weighted by molar-refractivity contribution is 0.912. The van der Waals surface area contributed by atoms with Crippen LogP contribution in [0.3, 0.4) is 0 Å². The summed E-state index contributed by atoms with van der Waals surface area (Å²) in [6.07, 6.45) is 5.70. The van der Waals surface area contributed by atoms with Crippen molar-refractivity contribution >= 4 is 23.4 Å². The third-order valence-corrected chi connectivity index (χ3v) is 4.71. The summed E-state index contributed by atoms with van der Waals surface area (Å²) in [5, 5.41) is 3.19. The van der Waals surface area contributed by atoms with Gasteiger partial charge in [-0.15, -0.1) is 11.8 Å². The number of nitrogens with two attached hydrogens (primary N) is 1. The van der Waals surface area contributed by atoms with Crippen molar-refractivity contribution in [2.75, 3.05) is 11.6 Å². The maximum atomic E-state index is 5.99. The Balaban J connectivity index is 1.62. The molecule has 1 aliphatic rings. The summed E-state index contributed by atoms with van der Waals surface area (Å²) in [6, 6.07) is 14.9. The minimum absolute atomic E-state index is 0.465. The van der Waals surface area contributed by atoms with Crippen LogP contribution in [0.5, 0.6) is 0 Å². The molecule has 0 spiro atoms. The van der Waals surface area contributed by atoms with E-state index in [1.54, 1.807) is 11.8 Å². The van der Waals surface area contributed by atoms with Gasteiger partial charge < -0.3 is 11.1 Å². The highest BCUT2D eigenvalue weighted by Gasteiger charge is 2.10. The second-order valence-corrected chi connectivity index (χ2v) is 6.39. The van der Waals surface area contributed by atoms with E-state index in [0.29, 0.717) is 12.5 Å². The standard InChI is InChI=1S/C18H21N3S/c1-22-17-9-5-13(6-10-17)12-20-18(19)21-16-8-7-14-3-2-4-15(14)11-16/h5-11H,2-4,12H2,1H3,(H3,19,20,21). The van der Waals surface area contributed by atoms with E-state index in [4.69, 9.17) is 5.73 Å². The molecule has 0 radical (unpaired) electrons. The van der Waals surface area contributed by atoms with E-state index in [-0.39, 0.29) is 0 Å². The summed E-state index contributed by atoms with van der Waals surface area (Å²) in [4.78, 5) is 5.68. The quantitative estimate of drug-likeness (QED) is 0.512. The molecule has 114 valence electrons. The van der Waals surface area contributed by atoms with E-state index in [9.17, 15) is 0 Å². The molecule has 2 aromatic carbocycles. The molecule has 0 aliphatic heterocycles. The van der Waals surface area contributed by atoms with Gasteiger partial charge in [0.25, 0.3) is 0 Å². The predicted octanol–water partition coefficient (Wildman–Crippen LogP) is 3.82. The van der Waals surface area contributed by atoms with Crippen molar-refractivity contribution in [3.63, 3.8) is 0 Å². The molecule has 22 heavy (non-hydrogen) atoms. The number of nitrogens with zero attached hydrogens (tertiary/aromatic N) is 1. The van der Waals surface area contributed by atoms with E-state index >= 15 is 0 Å². The van der Waals surface area contributed by atoms with Gasteiger partial charge in [-0.2, -0.15) is 0 Å². The zero-order chi connectivity index (χ0) is 15.4. The third-order valence-electron chi connectivity index (χ3n) is 3.96. The van der Waals surface area contributed by atoms with Gasteiger partial charge >= 0.3 is 0 Å². The minimum Gasteiger partial charge on any atom is -0.370 e. The second kappa shape index (κ2) is 6.88. The van der Waals surface area contributed by atoms with Crippen LogP contribution >= 0.6 is 11.8 Å². The van der Waals surface area contributed by atoms with Crippen LogP contribution in [-0.4, -0.2) is 12.2 Å². The Morgan fingerprint density at radius 3 is 2.68 bits per heavy atom. The van der Waals surface area contributed by atoms with Crippen molar-refractivity contribution in [2.45, 2.75) is 30.7 Å². The number of guanidine groups is 1. The fourth-order valence-corrected chi connectivity index (χ4v) is 3.15. The molecular formula is C18H21N3S. The maximum absolute atomic E-state index is 5.99. The van der Waals surface area contributed by atoms with E-state index in [1.165, 1.54) is 35.3 Å². The first kappa shape index (κ1) is 15.0. The monoisotopic (exact) mass is 311 g/mol. The van der Waals surface area contributed by atoms with Gasteiger partial charge in [0.05, 0.1) is 6.54 Å². The van der Waals surface area contributed by atoms with Crippen LogP contribution in [0.15, 0.2) is 52.4 Å². The number of fused-ring (bicyclic) bond motifs is 1. The Labute approximate surface area is 136 Å². The van der Waals surface area contributed by atoms with Crippen molar-refractivity contribution < 1.29 is 0 Å². The highest BCUT2D eigenvalue weighted by atomic mass is 32.2. The van der Waals surface area contributed by atoms with Crippen molar-refractivity contribution in [3.8, 4) is 0 Å². The number of anilines is 1. The van der Waals surface area contributed by atoms with Gasteiger partial charge in [0, 0.05) is 10.6 Å². The summed E-state index contributed by atoms with van der Waals surface area (Å²) < 4.78 is 0. The van der Waals surface area contributed by atoms with Crippen molar-refractivity contribution in [3.05, 3.63) is 59.2 Å². The first-order valence-corrected chi connectivity index (χ1v) is 8.79. The van der Waals surface area contributed by atoms with Gasteiger partial charge in [0.1, 0.15) is 0 Å². The molecule has 3 rings (SSSR count). The van der Waals surface area contributed by atoms with Gasteiger partial charge in [-0.3, -0.25) is 0 Å². The zero-order valence-electron chi connectivity index (χ0n) is 12.8. The highest BCUT2D eigenvalue weighted by Crippen LogP contribution is 2.24. The Bertz CT molecular complexity index is 677. The summed E-state index contributed by atoms with van der Waals surface area (Å²) in [7, 11) is 0. The number of hydrogen-bond donors (Lipinski definition) is 2. The number of benzene rings is 2. The molecule has 3 N–H and O–H groups in total. The summed E-state index contributed by atoms with van der Waals surface area (Å²) in [5.74, 6) is 0.465. The maximum Gasteiger partial charge on any atom is 0.193 e. The number of aryl methyl sites for hydroxylation is 2. The number of rotatable bonds is 4. The van der Waals surface area contributed by atoms with E-state index in [2.05, 4.69) is 59.0 Å². The predicted molar refractivity (Wildman–Crippen MR) is 95.6 cm³/mol. The normalized spacial score (nSPS) is 14.0. The van der Waals surface area contributed by atoms with E-state index < -0.39 is 0 Å². The van der Waals surface area contributed by atoms with Gasteiger partial charge in [-0.1, -0.05) is 18.2 Å². The van der Waals surface area contributed by atoms with Gasteiger partial charge in [-0.05, 0) is 66.5 Å². The molecule has 0 saturated heterocycles. The SMILES string of the molecule is CSc1ccc(CN=C(N)Nc2ccc3c(c2)CCC3)cc1. The van der Waals surface area contributed by atoms with E-state index in [0.717, 1.165) is 11.3 Å².